The number of halogens is 1. The van der Waals surface area contributed by atoms with E-state index in [0.29, 0.717) is 5.82 Å². The smallest absolute Gasteiger partial charge is 0.149 e. The van der Waals surface area contributed by atoms with Crippen LogP contribution >= 0.6 is 15.9 Å². The molecule has 1 aromatic carbocycles. The summed E-state index contributed by atoms with van der Waals surface area (Å²) >= 11 is 3.55. The summed E-state index contributed by atoms with van der Waals surface area (Å²) in [5.74, 6) is 0.589. The molecular weight excluding hydrogens is 266 g/mol. The summed E-state index contributed by atoms with van der Waals surface area (Å²) in [6.07, 6.45) is 0.873. The zero-order chi connectivity index (χ0) is 11.7. The summed E-state index contributed by atoms with van der Waals surface area (Å²) in [6.45, 7) is 4.15. The van der Waals surface area contributed by atoms with Crippen molar-refractivity contribution in [3.05, 3.63) is 33.8 Å². The number of aromatic amines is 1. The van der Waals surface area contributed by atoms with Gasteiger partial charge >= 0.3 is 0 Å². The number of aromatic nitrogens is 2. The van der Waals surface area contributed by atoms with E-state index >= 15 is 0 Å². The standard InChI is InChI=1S/C12H14BrN3/c1-3-8-11(15-16-12(8)14)9-6-7(2)4-5-10(9)13/h4-6H,3H2,1-2H3,(H3,14,15,16). The van der Waals surface area contributed by atoms with Crippen molar-refractivity contribution in [3.8, 4) is 11.3 Å². The first kappa shape index (κ1) is 11.2. The molecule has 2 rings (SSSR count). The van der Waals surface area contributed by atoms with Gasteiger partial charge in [-0.05, 0) is 25.5 Å². The Kier molecular flexibility index (Phi) is 3.01. The van der Waals surface area contributed by atoms with E-state index in [1.54, 1.807) is 0 Å². The lowest BCUT2D eigenvalue weighted by Gasteiger charge is -2.05. The zero-order valence-corrected chi connectivity index (χ0v) is 10.9. The van der Waals surface area contributed by atoms with Crippen molar-refractivity contribution in [3.63, 3.8) is 0 Å². The monoisotopic (exact) mass is 279 g/mol. The van der Waals surface area contributed by atoms with Gasteiger partial charge in [-0.3, -0.25) is 5.10 Å². The molecule has 16 heavy (non-hydrogen) atoms. The largest absolute Gasteiger partial charge is 0.382 e. The van der Waals surface area contributed by atoms with E-state index in [2.05, 4.69) is 52.1 Å². The van der Waals surface area contributed by atoms with Crippen LogP contribution in [0.5, 0.6) is 0 Å². The van der Waals surface area contributed by atoms with Crippen molar-refractivity contribution in [2.24, 2.45) is 0 Å². The van der Waals surface area contributed by atoms with Crippen LogP contribution in [0.25, 0.3) is 11.3 Å². The topological polar surface area (TPSA) is 54.7 Å². The molecule has 1 aromatic heterocycles. The van der Waals surface area contributed by atoms with Crippen LogP contribution in [0.15, 0.2) is 22.7 Å². The molecule has 3 nitrogen and oxygen atoms in total. The number of nitrogens with one attached hydrogen (secondary N) is 1. The Hall–Kier alpha value is -1.29. The molecule has 84 valence electrons. The lowest BCUT2D eigenvalue weighted by atomic mass is 10.0. The van der Waals surface area contributed by atoms with Crippen LogP contribution in [0, 0.1) is 6.92 Å². The second kappa shape index (κ2) is 4.29. The van der Waals surface area contributed by atoms with Gasteiger partial charge in [0.25, 0.3) is 0 Å². The van der Waals surface area contributed by atoms with E-state index in [-0.39, 0.29) is 0 Å². The van der Waals surface area contributed by atoms with Gasteiger partial charge < -0.3 is 5.73 Å². The lowest BCUT2D eigenvalue weighted by Crippen LogP contribution is -1.91. The molecule has 0 saturated carbocycles. The van der Waals surface area contributed by atoms with Crippen LogP contribution in [0.2, 0.25) is 0 Å². The summed E-state index contributed by atoms with van der Waals surface area (Å²) in [5.41, 5.74) is 10.2. The second-order valence-electron chi connectivity index (χ2n) is 3.80. The Morgan fingerprint density at radius 1 is 1.44 bits per heavy atom. The summed E-state index contributed by atoms with van der Waals surface area (Å²) in [4.78, 5) is 0. The van der Waals surface area contributed by atoms with Crippen LogP contribution in [-0.4, -0.2) is 10.2 Å². The van der Waals surface area contributed by atoms with Gasteiger partial charge in [-0.1, -0.05) is 34.5 Å². The van der Waals surface area contributed by atoms with Gasteiger partial charge in [-0.2, -0.15) is 5.10 Å². The summed E-state index contributed by atoms with van der Waals surface area (Å²) < 4.78 is 1.05. The number of benzene rings is 1. The van der Waals surface area contributed by atoms with E-state index in [9.17, 15) is 0 Å². The molecule has 0 bridgehead atoms. The summed E-state index contributed by atoms with van der Waals surface area (Å²) in [6, 6.07) is 6.23. The highest BCUT2D eigenvalue weighted by Gasteiger charge is 2.13. The van der Waals surface area contributed by atoms with E-state index in [0.717, 1.165) is 27.7 Å². The minimum atomic E-state index is 0.589. The molecule has 0 amide bonds. The molecule has 0 unspecified atom stereocenters. The van der Waals surface area contributed by atoms with Crippen molar-refractivity contribution in [2.45, 2.75) is 20.3 Å². The van der Waals surface area contributed by atoms with Gasteiger partial charge in [0.15, 0.2) is 0 Å². The molecule has 4 heteroatoms. The number of rotatable bonds is 2. The average Bonchev–Trinajstić information content (AvgIpc) is 2.63. The molecule has 0 aliphatic rings. The number of nitrogens with zero attached hydrogens (tertiary/aromatic N) is 1. The Labute approximate surface area is 103 Å². The molecule has 0 aliphatic heterocycles. The van der Waals surface area contributed by atoms with Crippen molar-refractivity contribution in [1.29, 1.82) is 0 Å². The quantitative estimate of drug-likeness (QED) is 0.886. The van der Waals surface area contributed by atoms with Crippen LogP contribution in [0.4, 0.5) is 5.82 Å². The molecule has 0 fully saturated rings. The highest BCUT2D eigenvalue weighted by Crippen LogP contribution is 2.32. The minimum Gasteiger partial charge on any atom is -0.382 e. The van der Waals surface area contributed by atoms with Gasteiger partial charge in [0.1, 0.15) is 5.82 Å². The fraction of sp³-hybridized carbons (Fsp3) is 0.250. The highest BCUT2D eigenvalue weighted by atomic mass is 79.9. The third kappa shape index (κ3) is 1.85. The highest BCUT2D eigenvalue weighted by molar-refractivity contribution is 9.10. The summed E-state index contributed by atoms with van der Waals surface area (Å²) in [5, 5.41) is 7.07. The predicted octanol–water partition coefficient (Wildman–Crippen LogP) is 3.29. The zero-order valence-electron chi connectivity index (χ0n) is 9.34. The number of aryl methyl sites for hydroxylation is 1. The maximum Gasteiger partial charge on any atom is 0.149 e. The molecular formula is C12H14BrN3. The van der Waals surface area contributed by atoms with Gasteiger partial charge in [-0.15, -0.1) is 0 Å². The van der Waals surface area contributed by atoms with E-state index in [1.807, 2.05) is 6.07 Å². The van der Waals surface area contributed by atoms with Gasteiger partial charge in [-0.25, -0.2) is 0 Å². The van der Waals surface area contributed by atoms with Crippen LogP contribution in [0.1, 0.15) is 18.1 Å². The first-order chi connectivity index (χ1) is 7.63. The number of nitrogen functional groups attached to an aromatic ring is 1. The Balaban J connectivity index is 2.62. The molecule has 2 aromatic rings. The van der Waals surface area contributed by atoms with Gasteiger partial charge in [0, 0.05) is 15.6 Å². The van der Waals surface area contributed by atoms with E-state index in [1.165, 1.54) is 5.56 Å². The van der Waals surface area contributed by atoms with E-state index in [4.69, 9.17) is 5.73 Å². The number of hydrogen-bond acceptors (Lipinski definition) is 2. The van der Waals surface area contributed by atoms with Gasteiger partial charge in [0.05, 0.1) is 5.69 Å². The first-order valence-corrected chi connectivity index (χ1v) is 6.02. The number of nitrogens with two attached hydrogens (primary N) is 1. The maximum atomic E-state index is 5.82. The normalized spacial score (nSPS) is 10.7. The average molecular weight is 280 g/mol. The Morgan fingerprint density at radius 3 is 2.88 bits per heavy atom. The third-order valence-electron chi connectivity index (χ3n) is 2.64. The predicted molar refractivity (Wildman–Crippen MR) is 70.3 cm³/mol. The van der Waals surface area contributed by atoms with Gasteiger partial charge in [0.2, 0.25) is 0 Å². The maximum absolute atomic E-state index is 5.82. The molecule has 1 heterocycles. The molecule has 0 spiro atoms. The Morgan fingerprint density at radius 2 is 2.19 bits per heavy atom. The molecule has 3 N–H and O–H groups in total. The van der Waals surface area contributed by atoms with Crippen molar-refractivity contribution in [2.75, 3.05) is 5.73 Å². The van der Waals surface area contributed by atoms with Crippen molar-refractivity contribution < 1.29 is 0 Å². The van der Waals surface area contributed by atoms with Crippen LogP contribution in [-0.2, 0) is 6.42 Å². The first-order valence-electron chi connectivity index (χ1n) is 5.22. The number of hydrogen-bond donors (Lipinski definition) is 2. The number of anilines is 1. The molecule has 0 saturated heterocycles. The fourth-order valence-corrected chi connectivity index (χ4v) is 2.24. The SMILES string of the molecule is CCc1c(N)n[nH]c1-c1cc(C)ccc1Br. The van der Waals surface area contributed by atoms with Crippen LogP contribution in [0.3, 0.4) is 0 Å². The lowest BCUT2D eigenvalue weighted by molar-refractivity contribution is 1.10. The van der Waals surface area contributed by atoms with Crippen LogP contribution < -0.4 is 5.73 Å². The Bertz CT molecular complexity index is 517. The van der Waals surface area contributed by atoms with Crippen molar-refractivity contribution in [1.82, 2.24) is 10.2 Å². The number of H-pyrrole nitrogens is 1. The minimum absolute atomic E-state index is 0.589. The molecule has 0 atom stereocenters. The molecule has 0 radical (unpaired) electrons. The van der Waals surface area contributed by atoms with E-state index < -0.39 is 0 Å². The second-order valence-corrected chi connectivity index (χ2v) is 4.65. The van der Waals surface area contributed by atoms with Crippen molar-refractivity contribution >= 4 is 21.7 Å². The molecule has 0 aliphatic carbocycles. The fourth-order valence-electron chi connectivity index (χ4n) is 1.79. The third-order valence-corrected chi connectivity index (χ3v) is 3.34. The summed E-state index contributed by atoms with van der Waals surface area (Å²) in [7, 11) is 0.